The minimum atomic E-state index is -4.46. The normalized spacial score (nSPS) is 17.0. The van der Waals surface area contributed by atoms with Gasteiger partial charge in [-0.05, 0) is 244 Å². The van der Waals surface area contributed by atoms with Gasteiger partial charge in [0.15, 0.2) is 17.2 Å². The van der Waals surface area contributed by atoms with Gasteiger partial charge in [0.1, 0.15) is 25.5 Å². The molecule has 1 aliphatic carbocycles. The third-order valence-electron chi connectivity index (χ3n) is 30.5. The number of nitrogens with zero attached hydrogens (tertiary/aromatic N) is 5. The van der Waals surface area contributed by atoms with Crippen molar-refractivity contribution in [1.82, 2.24) is 16.0 Å². The highest BCUT2D eigenvalue weighted by molar-refractivity contribution is 7.86. The molecule has 5 aliphatic rings. The van der Waals surface area contributed by atoms with Gasteiger partial charge >= 0.3 is 6.09 Å². The molecule has 0 fully saturated rings. The number of hydrogen-bond donors (Lipinski definition) is 5. The predicted molar refractivity (Wildman–Crippen MR) is 607 cm³/mol. The van der Waals surface area contributed by atoms with Gasteiger partial charge in [-0.2, -0.15) is 26.0 Å². The molecule has 9 aromatic carbocycles. The highest BCUT2D eigenvalue weighted by Crippen LogP contribution is 2.54. The molecule has 0 saturated heterocycles. The zero-order valence-electron chi connectivity index (χ0n) is 88.9. The quantitative estimate of drug-likeness (QED) is 0.0103. The summed E-state index contributed by atoms with van der Waals surface area (Å²) < 4.78 is 78.2. The molecular weight excluding hydrogens is 1910 g/mol. The molecule has 0 saturated carbocycles. The van der Waals surface area contributed by atoms with Crippen molar-refractivity contribution in [2.45, 2.75) is 289 Å². The van der Waals surface area contributed by atoms with Crippen LogP contribution in [-0.4, -0.2) is 140 Å². The Kier molecular flexibility index (Phi) is 38.9. The first-order valence-corrected chi connectivity index (χ1v) is 57.6. The van der Waals surface area contributed by atoms with E-state index in [9.17, 15) is 49.9 Å². The van der Waals surface area contributed by atoms with Gasteiger partial charge in [0, 0.05) is 163 Å². The topological polar surface area (TPSA) is 255 Å². The Bertz CT molecular complexity index is 6850. The first-order valence-electron chi connectivity index (χ1n) is 54.2. The number of hydrogen-bond acceptors (Lipinski definition) is 13. The lowest BCUT2D eigenvalue weighted by Crippen LogP contribution is -2.44. The smallest absolute Gasteiger partial charge is 0.408 e. The van der Waals surface area contributed by atoms with Crippen molar-refractivity contribution in [3.63, 3.8) is 0 Å². The number of anilines is 3. The third-order valence-corrected chi connectivity index (χ3v) is 32.6. The van der Waals surface area contributed by atoms with Gasteiger partial charge in [-0.25, -0.2) is 4.79 Å². The van der Waals surface area contributed by atoms with Crippen LogP contribution in [0.4, 0.5) is 33.2 Å². The van der Waals surface area contributed by atoms with Crippen LogP contribution in [-0.2, 0) is 78.8 Å². The average Bonchev–Trinajstić information content (AvgIpc) is 1.38. The minimum Gasteiger partial charge on any atom is -0.445 e. The Balaban J connectivity index is 0.555. The number of allylic oxidation sites excluding steroid dienone is 16. The Morgan fingerprint density at radius 2 is 1.06 bits per heavy atom. The van der Waals surface area contributed by atoms with E-state index in [-0.39, 0.29) is 69.7 Å². The standard InChI is InChI=1S/C125H153ClN8O12S2/c1-12-78-130(79-13-2)98-67-73-106-104(88-98)122(4,5)113(131(106)80-14-3)74-65-94-53-45-54-95(119(94)126)66-75-114-125(10,11)118-103-69-68-100(148(143,144)145)86-96(103)64-72-109(118)134(114)82-42-24-33-61-115(137)127-76-40-38-52-97(87-110(136)105(85-90-46-25-21-26-47-90)129-121(139)146-89-91-48-27-22-28-49-91)120(138)128-77-39-20-16-17-29-55-99(135)56-30-23-41-81-132-107-70-62-92-50-34-36-57-101(92)116(107)123(6,7)111(132)59-31-18-15-19-32-60-112-124(8,9)117-102-58-37-35-51-93(102)63-71-108(117)133(112)83-43-44-84-147(140,141)142/h15,18-19,21-22,25-28,31-32,34-37,46-51,57-60,62-75,86,88,97,105H,12-14,16-17,20,23-24,29-30,33,38-45,52-56,61,76-85,87,89H2,1-11H3,(H3-2,127,128,129,137,138,139,140,141,142,143,144,145)/p+2/t97-,105+/m1/s1. The molecule has 0 radical (unpaired) electrons. The number of nitrogens with one attached hydrogen (secondary N) is 3. The SMILES string of the molecule is CCCN(CCC)c1ccc2c(c1)C(C)(C)C(/C=C/C1=C(Cl)C(=C/C=C3/N(CCCCCC(=O)NCCCC[C@H](CC(=O)[C@H](Cc4ccccc4)NC(=O)OCc4ccccc4)C(=O)NCCCCCCCC(=O)CCCCCN4\C(=C/C=C/C=C/C=C/C5=[N+](CCCCS(=O)(=O)O)c6ccc7ccccc7c6C5(C)C)C(C)(C)c5c4ccc4ccccc54)c4ccc5cc(S(=O)(=O)O)ccc5c4C3(C)C)/CCC1)=[N+]2CCC. The number of halogens is 1. The second-order valence-electron chi connectivity index (χ2n) is 42.8. The number of alkyl carbamates (subject to hydrolysis) is 1. The lowest BCUT2D eigenvalue weighted by molar-refractivity contribution is -0.438. The predicted octanol–water partition coefficient (Wildman–Crippen LogP) is 27.3. The van der Waals surface area contributed by atoms with Crippen molar-refractivity contribution in [1.29, 1.82) is 0 Å². The second-order valence-corrected chi connectivity index (χ2v) is 46.2. The number of ketones is 2. The van der Waals surface area contributed by atoms with Gasteiger partial charge in [-0.1, -0.05) is 269 Å². The van der Waals surface area contributed by atoms with E-state index >= 15 is 0 Å². The summed E-state index contributed by atoms with van der Waals surface area (Å²) in [7, 11) is -8.51. The monoisotopic (exact) mass is 2060 g/mol. The molecule has 20 nitrogen and oxygen atoms in total. The molecule has 14 rings (SSSR count). The van der Waals surface area contributed by atoms with E-state index in [0.29, 0.717) is 89.4 Å². The van der Waals surface area contributed by atoms with E-state index in [2.05, 4.69) is 274 Å². The highest BCUT2D eigenvalue weighted by Gasteiger charge is 2.48. The maximum Gasteiger partial charge on any atom is 0.408 e. The molecule has 23 heteroatoms. The molecule has 4 heterocycles. The number of rotatable bonds is 54. The molecule has 2 atom stereocenters. The van der Waals surface area contributed by atoms with E-state index in [4.69, 9.17) is 16.3 Å². The average molecular weight is 2060 g/mol. The van der Waals surface area contributed by atoms with Crippen LogP contribution in [0.5, 0.6) is 0 Å². The Labute approximate surface area is 884 Å². The number of Topliss-reactive ketones (excluding diaryl/α,β-unsaturated/α-hetero) is 2. The van der Waals surface area contributed by atoms with E-state index in [1.54, 1.807) is 6.07 Å². The van der Waals surface area contributed by atoms with Gasteiger partial charge in [0.05, 0.1) is 27.5 Å². The number of amides is 3. The van der Waals surface area contributed by atoms with Crippen molar-refractivity contribution in [2.75, 3.05) is 72.8 Å². The molecule has 9 aromatic rings. The Hall–Kier alpha value is -11.9. The Morgan fingerprint density at radius 1 is 0.500 bits per heavy atom. The number of fused-ring (bicyclic) bond motifs is 10. The van der Waals surface area contributed by atoms with E-state index in [1.165, 1.54) is 78.8 Å². The fourth-order valence-electron chi connectivity index (χ4n) is 22.9. The number of carbonyl (C=O) groups is 5. The first-order chi connectivity index (χ1) is 71.1. The number of ether oxygens (including phenoxy) is 1. The summed E-state index contributed by atoms with van der Waals surface area (Å²) in [5.74, 6) is -1.30. The zero-order chi connectivity index (χ0) is 105. The zero-order valence-corrected chi connectivity index (χ0v) is 91.3. The van der Waals surface area contributed by atoms with Crippen LogP contribution in [0.2, 0.25) is 0 Å². The van der Waals surface area contributed by atoms with E-state index in [0.717, 1.165) is 190 Å². The molecule has 3 amide bonds. The van der Waals surface area contributed by atoms with E-state index in [1.807, 2.05) is 72.8 Å². The van der Waals surface area contributed by atoms with Gasteiger partial charge in [-0.15, -0.1) is 0 Å². The summed E-state index contributed by atoms with van der Waals surface area (Å²) in [6.45, 7) is 30.8. The van der Waals surface area contributed by atoms with Crippen LogP contribution < -0.4 is 30.7 Å². The lowest BCUT2D eigenvalue weighted by atomic mass is 9.79. The van der Waals surface area contributed by atoms with Gasteiger partial charge in [0.25, 0.3) is 20.2 Å². The van der Waals surface area contributed by atoms with Crippen LogP contribution in [0.25, 0.3) is 32.3 Å². The molecule has 0 spiro atoms. The molecule has 5 N–H and O–H groups in total. The summed E-state index contributed by atoms with van der Waals surface area (Å²) >= 11 is 7.56. The molecule has 0 unspecified atom stereocenters. The minimum absolute atomic E-state index is 0.0167. The van der Waals surface area contributed by atoms with Crippen LogP contribution >= 0.6 is 11.6 Å². The van der Waals surface area contributed by atoms with Crippen LogP contribution in [0, 0.1) is 5.92 Å². The maximum atomic E-state index is 14.7. The van der Waals surface area contributed by atoms with E-state index < -0.39 is 43.7 Å². The van der Waals surface area contributed by atoms with Crippen LogP contribution in [0.1, 0.15) is 276 Å². The number of unbranched alkanes of at least 4 members (excludes halogenated alkanes) is 10. The summed E-state index contributed by atoms with van der Waals surface area (Å²) in [5.41, 5.74) is 17.9. The van der Waals surface area contributed by atoms with Crippen molar-refractivity contribution < 1.29 is 63.8 Å². The number of benzene rings is 9. The summed E-state index contributed by atoms with van der Waals surface area (Å²) in [4.78, 5) is 76.9. The van der Waals surface area contributed by atoms with Gasteiger partial charge in [0.2, 0.25) is 23.2 Å². The summed E-state index contributed by atoms with van der Waals surface area (Å²) in [6, 6.07) is 59.5. The fourth-order valence-corrected chi connectivity index (χ4v) is 24.3. The first kappa shape index (κ1) is 112. The third kappa shape index (κ3) is 27.8. The largest absolute Gasteiger partial charge is 0.445 e. The lowest BCUT2D eigenvalue weighted by Gasteiger charge is -2.27. The van der Waals surface area contributed by atoms with Crippen molar-refractivity contribution >= 4 is 133 Å². The van der Waals surface area contributed by atoms with Crippen LogP contribution in [0.15, 0.2) is 281 Å². The molecule has 0 bridgehead atoms. The van der Waals surface area contributed by atoms with Gasteiger partial charge in [-0.3, -0.25) is 28.3 Å². The second kappa shape index (κ2) is 51.5. The van der Waals surface area contributed by atoms with Crippen LogP contribution in [0.3, 0.4) is 0 Å². The Morgan fingerprint density at radius 3 is 1.72 bits per heavy atom. The molecule has 784 valence electrons. The van der Waals surface area contributed by atoms with Crippen molar-refractivity contribution in [2.24, 2.45) is 5.92 Å². The van der Waals surface area contributed by atoms with Crippen molar-refractivity contribution in [3.05, 3.63) is 310 Å². The summed E-state index contributed by atoms with van der Waals surface area (Å²) in [5, 5.41) is 16.3. The molecule has 148 heavy (non-hydrogen) atoms. The highest BCUT2D eigenvalue weighted by atomic mass is 35.5. The maximum absolute atomic E-state index is 14.7. The summed E-state index contributed by atoms with van der Waals surface area (Å²) in [6.07, 6.45) is 41.7. The number of carbonyl (C=O) groups excluding carboxylic acids is 5. The fraction of sp³-hybridized carbons (Fsp3) is 0.432. The molecular formula is C125H155ClN8O12S2+2. The molecule has 0 aromatic heterocycles. The van der Waals surface area contributed by atoms with Gasteiger partial charge < -0.3 is 35.4 Å². The van der Waals surface area contributed by atoms with Crippen molar-refractivity contribution in [3.8, 4) is 0 Å². The molecule has 4 aliphatic heterocycles.